The molecule has 0 aromatic heterocycles. The van der Waals surface area contributed by atoms with E-state index in [-0.39, 0.29) is 11.5 Å². The summed E-state index contributed by atoms with van der Waals surface area (Å²) in [6, 6.07) is 1.46. The molecule has 1 aromatic carbocycles. The lowest BCUT2D eigenvalue weighted by atomic mass is 9.72. The lowest BCUT2D eigenvalue weighted by molar-refractivity contribution is -0.142. The Bertz CT molecular complexity index is 346. The summed E-state index contributed by atoms with van der Waals surface area (Å²) in [6.45, 7) is 1.37. The fourth-order valence-corrected chi connectivity index (χ4v) is 1.15. The summed E-state index contributed by atoms with van der Waals surface area (Å²) in [4.78, 5) is 0. The standard InChI is InChI=1S/C9H6BF6/c1-10-7-3-5(8(11,12)13)2-6(4-7)9(14,15)16/h2-4H,1H3/q-1. The van der Waals surface area contributed by atoms with Gasteiger partial charge in [-0.2, -0.15) is 26.3 Å². The van der Waals surface area contributed by atoms with Crippen LogP contribution in [0.3, 0.4) is 0 Å². The SMILES string of the molecule is C[B-]c1cc(C(F)(F)F)cc(C(F)(F)F)c1. The molecule has 0 nitrogen and oxygen atoms in total. The highest BCUT2D eigenvalue weighted by molar-refractivity contribution is 6.51. The second kappa shape index (κ2) is 4.03. The molecule has 1 aromatic rings. The van der Waals surface area contributed by atoms with Crippen LogP contribution in [-0.4, -0.2) is 7.28 Å². The predicted octanol–water partition coefficient (Wildman–Crippen LogP) is 3.10. The minimum atomic E-state index is -4.78. The van der Waals surface area contributed by atoms with Gasteiger partial charge in [0.2, 0.25) is 0 Å². The lowest BCUT2D eigenvalue weighted by Gasteiger charge is -2.18. The second-order valence-corrected chi connectivity index (χ2v) is 3.13. The van der Waals surface area contributed by atoms with E-state index in [2.05, 4.69) is 0 Å². The normalized spacial score (nSPS) is 12.9. The molecule has 0 atom stereocenters. The van der Waals surface area contributed by atoms with E-state index in [0.717, 1.165) is 0 Å². The Morgan fingerprint density at radius 1 is 0.812 bits per heavy atom. The van der Waals surface area contributed by atoms with Gasteiger partial charge in [0.1, 0.15) is 0 Å². The number of rotatable bonds is 1. The van der Waals surface area contributed by atoms with Crippen molar-refractivity contribution in [3.63, 3.8) is 0 Å². The van der Waals surface area contributed by atoms with Crippen molar-refractivity contribution in [2.24, 2.45) is 0 Å². The monoisotopic (exact) mass is 239 g/mol. The summed E-state index contributed by atoms with van der Waals surface area (Å²) in [5, 5.41) is 0. The maximum atomic E-state index is 12.3. The van der Waals surface area contributed by atoms with Crippen LogP contribution in [0.4, 0.5) is 26.3 Å². The Labute approximate surface area is 88.5 Å². The molecule has 16 heavy (non-hydrogen) atoms. The van der Waals surface area contributed by atoms with E-state index in [0.29, 0.717) is 12.1 Å². The Balaban J connectivity index is 3.33. The summed E-state index contributed by atoms with van der Waals surface area (Å²) < 4.78 is 73.7. The molecule has 0 amide bonds. The van der Waals surface area contributed by atoms with Gasteiger partial charge in [-0.15, -0.1) is 0 Å². The van der Waals surface area contributed by atoms with E-state index in [9.17, 15) is 26.3 Å². The molecular formula is C9H6BF6-. The van der Waals surface area contributed by atoms with Crippen molar-refractivity contribution < 1.29 is 26.3 Å². The van der Waals surface area contributed by atoms with Crippen molar-refractivity contribution in [3.8, 4) is 0 Å². The molecule has 0 saturated heterocycles. The van der Waals surface area contributed by atoms with Gasteiger partial charge in [-0.3, -0.25) is 5.46 Å². The van der Waals surface area contributed by atoms with E-state index in [1.807, 2.05) is 0 Å². The Hall–Kier alpha value is -1.14. The molecule has 2 radical (unpaired) electrons. The van der Waals surface area contributed by atoms with Crippen LogP contribution in [0.2, 0.25) is 6.82 Å². The van der Waals surface area contributed by atoms with Gasteiger partial charge in [-0.05, 0) is 6.07 Å². The summed E-state index contributed by atoms with van der Waals surface area (Å²) >= 11 is 0. The highest BCUT2D eigenvalue weighted by Gasteiger charge is 2.35. The van der Waals surface area contributed by atoms with Crippen LogP contribution in [0.5, 0.6) is 0 Å². The molecule has 0 spiro atoms. The Morgan fingerprint density at radius 2 is 1.19 bits per heavy atom. The summed E-state index contributed by atoms with van der Waals surface area (Å²) in [5.74, 6) is 0. The van der Waals surface area contributed by atoms with Crippen LogP contribution < -0.4 is 5.46 Å². The van der Waals surface area contributed by atoms with Crippen LogP contribution in [0.15, 0.2) is 18.2 Å². The fraction of sp³-hybridized carbons (Fsp3) is 0.333. The van der Waals surface area contributed by atoms with Gasteiger partial charge in [-0.25, -0.2) is 6.82 Å². The van der Waals surface area contributed by atoms with Gasteiger partial charge in [0.15, 0.2) is 0 Å². The molecule has 0 aliphatic carbocycles. The van der Waals surface area contributed by atoms with Crippen molar-refractivity contribution in [2.75, 3.05) is 0 Å². The molecule has 88 valence electrons. The van der Waals surface area contributed by atoms with Crippen LogP contribution >= 0.6 is 0 Å². The quantitative estimate of drug-likeness (QED) is 0.521. The van der Waals surface area contributed by atoms with E-state index >= 15 is 0 Å². The maximum absolute atomic E-state index is 12.3. The van der Waals surface area contributed by atoms with E-state index < -0.39 is 23.5 Å². The number of benzene rings is 1. The number of halogens is 6. The Kier molecular flexibility index (Phi) is 3.26. The molecule has 0 aliphatic heterocycles. The molecule has 0 unspecified atom stereocenters. The first-order valence-electron chi connectivity index (χ1n) is 4.23. The van der Waals surface area contributed by atoms with Crippen molar-refractivity contribution in [1.29, 1.82) is 0 Å². The lowest BCUT2D eigenvalue weighted by Crippen LogP contribution is -2.19. The molecule has 0 N–H and O–H groups in total. The van der Waals surface area contributed by atoms with Gasteiger partial charge in [0, 0.05) is 0 Å². The summed E-state index contributed by atoms with van der Waals surface area (Å²) in [5.41, 5.74) is -2.70. The van der Waals surface area contributed by atoms with Crippen LogP contribution in [0.1, 0.15) is 11.1 Å². The topological polar surface area (TPSA) is 0 Å². The predicted molar refractivity (Wildman–Crippen MR) is 47.7 cm³/mol. The van der Waals surface area contributed by atoms with Gasteiger partial charge < -0.3 is 7.28 Å². The zero-order valence-electron chi connectivity index (χ0n) is 8.08. The van der Waals surface area contributed by atoms with Crippen molar-refractivity contribution in [3.05, 3.63) is 29.3 Å². The van der Waals surface area contributed by atoms with Gasteiger partial charge in [-0.1, -0.05) is 12.1 Å². The maximum Gasteiger partial charge on any atom is 0.416 e. The second-order valence-electron chi connectivity index (χ2n) is 3.13. The minimum absolute atomic E-state index is 0.104. The summed E-state index contributed by atoms with van der Waals surface area (Å²) in [7, 11) is 1.18. The smallest absolute Gasteiger partial charge is 0.301 e. The van der Waals surface area contributed by atoms with E-state index in [4.69, 9.17) is 0 Å². The van der Waals surface area contributed by atoms with Crippen molar-refractivity contribution in [1.82, 2.24) is 0 Å². The molecule has 0 bridgehead atoms. The zero-order chi connectivity index (χ0) is 12.6. The fourth-order valence-electron chi connectivity index (χ4n) is 1.15. The van der Waals surface area contributed by atoms with Gasteiger partial charge >= 0.3 is 12.4 Å². The largest absolute Gasteiger partial charge is 0.416 e. The third-order valence-electron chi connectivity index (χ3n) is 1.94. The summed E-state index contributed by atoms with van der Waals surface area (Å²) in [6.07, 6.45) is -9.56. The average molecular weight is 239 g/mol. The number of hydrogen-bond acceptors (Lipinski definition) is 0. The van der Waals surface area contributed by atoms with Crippen molar-refractivity contribution >= 4 is 12.7 Å². The molecular weight excluding hydrogens is 233 g/mol. The first-order valence-corrected chi connectivity index (χ1v) is 4.23. The molecule has 1 rings (SSSR count). The average Bonchev–Trinajstić information content (AvgIpc) is 2.14. The molecule has 7 heteroatoms. The molecule has 0 aliphatic rings. The highest BCUT2D eigenvalue weighted by Crippen LogP contribution is 2.34. The minimum Gasteiger partial charge on any atom is -0.301 e. The van der Waals surface area contributed by atoms with Crippen molar-refractivity contribution in [2.45, 2.75) is 19.2 Å². The molecule has 0 fully saturated rings. The van der Waals surface area contributed by atoms with E-state index in [1.54, 1.807) is 0 Å². The van der Waals surface area contributed by atoms with Gasteiger partial charge in [0.25, 0.3) is 0 Å². The van der Waals surface area contributed by atoms with Crippen LogP contribution in [0.25, 0.3) is 0 Å². The zero-order valence-corrected chi connectivity index (χ0v) is 8.08. The number of alkyl halides is 6. The first kappa shape index (κ1) is 12.9. The number of hydrogen-bond donors (Lipinski definition) is 0. The third-order valence-corrected chi connectivity index (χ3v) is 1.94. The highest BCUT2D eigenvalue weighted by atomic mass is 19.4. The van der Waals surface area contributed by atoms with E-state index in [1.165, 1.54) is 14.1 Å². The first-order chi connectivity index (χ1) is 7.14. The molecule has 0 saturated carbocycles. The Morgan fingerprint density at radius 3 is 1.44 bits per heavy atom. The molecule has 0 heterocycles. The van der Waals surface area contributed by atoms with Crippen LogP contribution in [-0.2, 0) is 12.4 Å². The van der Waals surface area contributed by atoms with Crippen LogP contribution in [0, 0.1) is 0 Å². The van der Waals surface area contributed by atoms with Gasteiger partial charge in [0.05, 0.1) is 11.1 Å². The third kappa shape index (κ3) is 2.93.